The first-order chi connectivity index (χ1) is 12.4. The lowest BCUT2D eigenvalue weighted by molar-refractivity contribution is -0.385. The van der Waals surface area contributed by atoms with Crippen LogP contribution in [-0.2, 0) is 4.79 Å². The van der Waals surface area contributed by atoms with Crippen LogP contribution in [0.2, 0.25) is 0 Å². The molecule has 0 aliphatic rings. The quantitative estimate of drug-likeness (QED) is 0.291. The molecule has 26 heavy (non-hydrogen) atoms. The second-order valence-electron chi connectivity index (χ2n) is 5.20. The zero-order valence-electron chi connectivity index (χ0n) is 14.1. The Bertz CT molecular complexity index is 854. The van der Waals surface area contributed by atoms with Crippen LogP contribution in [0.3, 0.4) is 0 Å². The Morgan fingerprint density at radius 1 is 1.31 bits per heavy atom. The molecule has 136 valence electrons. The molecule has 0 saturated carbocycles. The van der Waals surface area contributed by atoms with Gasteiger partial charge in [0.05, 0.1) is 21.8 Å². The van der Waals surface area contributed by atoms with E-state index in [0.717, 1.165) is 20.4 Å². The fraction of sp³-hybridized carbons (Fsp3) is 0.176. The molecule has 0 aromatic heterocycles. The van der Waals surface area contributed by atoms with Crippen LogP contribution in [0.25, 0.3) is 0 Å². The van der Waals surface area contributed by atoms with E-state index in [1.165, 1.54) is 18.3 Å². The zero-order valence-corrected chi connectivity index (χ0v) is 16.2. The third kappa shape index (κ3) is 5.41. The monoisotopic (exact) mass is 469 g/mol. The normalized spacial score (nSPS) is 10.6. The number of ether oxygens (including phenoxy) is 2. The first-order valence-electron chi connectivity index (χ1n) is 7.44. The van der Waals surface area contributed by atoms with Crippen LogP contribution in [-0.4, -0.2) is 30.8 Å². The van der Waals surface area contributed by atoms with Gasteiger partial charge in [0.15, 0.2) is 12.4 Å². The van der Waals surface area contributed by atoms with E-state index >= 15 is 0 Å². The Labute approximate surface area is 163 Å². The van der Waals surface area contributed by atoms with Gasteiger partial charge in [-0.25, -0.2) is 5.43 Å². The van der Waals surface area contributed by atoms with Gasteiger partial charge in [-0.1, -0.05) is 6.07 Å². The Kier molecular flexibility index (Phi) is 6.89. The number of amides is 1. The fourth-order valence-corrected chi connectivity index (χ4v) is 2.77. The van der Waals surface area contributed by atoms with Crippen molar-refractivity contribution in [3.63, 3.8) is 0 Å². The molecule has 0 aliphatic carbocycles. The van der Waals surface area contributed by atoms with Crippen molar-refractivity contribution in [3.05, 3.63) is 61.2 Å². The number of nitrogens with one attached hydrogen (secondary N) is 1. The number of methoxy groups -OCH3 is 1. The Balaban J connectivity index is 1.91. The standard InChI is InChI=1S/C17H16IN3O5/c1-11-3-5-16(14(7-11)21(23)24)26-10-17(22)20-19-9-12-4-6-15(25-2)13(18)8-12/h3-9H,10H2,1-2H3,(H,20,22)/b19-9+. The summed E-state index contributed by atoms with van der Waals surface area (Å²) in [4.78, 5) is 22.2. The summed E-state index contributed by atoms with van der Waals surface area (Å²) in [5.74, 6) is 0.253. The van der Waals surface area contributed by atoms with Crippen LogP contribution in [0, 0.1) is 20.6 Å². The van der Waals surface area contributed by atoms with Crippen LogP contribution in [0.4, 0.5) is 5.69 Å². The Morgan fingerprint density at radius 3 is 2.69 bits per heavy atom. The number of rotatable bonds is 7. The molecule has 0 saturated heterocycles. The minimum atomic E-state index is -0.552. The summed E-state index contributed by atoms with van der Waals surface area (Å²) < 4.78 is 11.3. The molecule has 9 heteroatoms. The summed E-state index contributed by atoms with van der Waals surface area (Å²) in [7, 11) is 1.59. The number of hydrogen-bond acceptors (Lipinski definition) is 6. The summed E-state index contributed by atoms with van der Waals surface area (Å²) >= 11 is 2.13. The number of hydrazone groups is 1. The molecule has 0 fully saturated rings. The summed E-state index contributed by atoms with van der Waals surface area (Å²) in [6.45, 7) is 1.35. The van der Waals surface area contributed by atoms with Crippen molar-refractivity contribution in [2.45, 2.75) is 6.92 Å². The van der Waals surface area contributed by atoms with E-state index in [-0.39, 0.29) is 18.0 Å². The molecule has 0 aliphatic heterocycles. The first-order valence-corrected chi connectivity index (χ1v) is 8.52. The average molecular weight is 469 g/mol. The maximum absolute atomic E-state index is 11.8. The van der Waals surface area contributed by atoms with Crippen LogP contribution in [0.1, 0.15) is 11.1 Å². The molecule has 0 atom stereocenters. The highest BCUT2D eigenvalue weighted by molar-refractivity contribution is 14.1. The van der Waals surface area contributed by atoms with Gasteiger partial charge in [0.25, 0.3) is 5.91 Å². The van der Waals surface area contributed by atoms with E-state index in [1.807, 2.05) is 6.07 Å². The van der Waals surface area contributed by atoms with E-state index in [1.54, 1.807) is 32.2 Å². The lowest BCUT2D eigenvalue weighted by Gasteiger charge is -2.06. The molecule has 2 aromatic rings. The number of nitrogens with zero attached hydrogens (tertiary/aromatic N) is 2. The predicted molar refractivity (Wildman–Crippen MR) is 105 cm³/mol. The van der Waals surface area contributed by atoms with E-state index in [0.29, 0.717) is 0 Å². The summed E-state index contributed by atoms with van der Waals surface area (Å²) in [5, 5.41) is 14.9. The molecular formula is C17H16IN3O5. The molecular weight excluding hydrogens is 453 g/mol. The molecule has 0 heterocycles. The van der Waals surface area contributed by atoms with Crippen molar-refractivity contribution in [1.29, 1.82) is 0 Å². The number of halogens is 1. The third-order valence-corrected chi connectivity index (χ3v) is 4.09. The first kappa shape index (κ1) is 19.6. The molecule has 1 N–H and O–H groups in total. The highest BCUT2D eigenvalue weighted by Gasteiger charge is 2.16. The van der Waals surface area contributed by atoms with E-state index in [2.05, 4.69) is 33.1 Å². The van der Waals surface area contributed by atoms with Crippen molar-refractivity contribution in [3.8, 4) is 11.5 Å². The number of carbonyl (C=O) groups is 1. The number of nitro groups is 1. The van der Waals surface area contributed by atoms with Crippen molar-refractivity contribution < 1.29 is 19.2 Å². The summed E-state index contributed by atoms with van der Waals surface area (Å²) in [6, 6.07) is 9.96. The van der Waals surface area contributed by atoms with Crippen molar-refractivity contribution >= 4 is 40.4 Å². The zero-order chi connectivity index (χ0) is 19.1. The van der Waals surface area contributed by atoms with Gasteiger partial charge < -0.3 is 9.47 Å². The van der Waals surface area contributed by atoms with E-state index < -0.39 is 10.8 Å². The second kappa shape index (κ2) is 9.13. The van der Waals surface area contributed by atoms with Crippen molar-refractivity contribution in [2.75, 3.05) is 13.7 Å². The van der Waals surface area contributed by atoms with Crippen LogP contribution in [0.15, 0.2) is 41.5 Å². The topological polar surface area (TPSA) is 103 Å². The maximum Gasteiger partial charge on any atom is 0.311 e. The smallest absolute Gasteiger partial charge is 0.311 e. The molecule has 0 unspecified atom stereocenters. The SMILES string of the molecule is COc1ccc(/C=N/NC(=O)COc2ccc(C)cc2[N+](=O)[O-])cc1I. The Morgan fingerprint density at radius 2 is 2.04 bits per heavy atom. The molecule has 0 spiro atoms. The van der Waals surface area contributed by atoms with Gasteiger partial charge in [-0.05, 0) is 64.9 Å². The van der Waals surface area contributed by atoms with Gasteiger partial charge in [-0.15, -0.1) is 0 Å². The molecule has 0 radical (unpaired) electrons. The minimum absolute atomic E-state index is 0.0319. The fourth-order valence-electron chi connectivity index (χ4n) is 2.01. The maximum atomic E-state index is 11.8. The van der Waals surface area contributed by atoms with E-state index in [9.17, 15) is 14.9 Å². The van der Waals surface area contributed by atoms with Crippen LogP contribution >= 0.6 is 22.6 Å². The number of aryl methyl sites for hydroxylation is 1. The van der Waals surface area contributed by atoms with Crippen LogP contribution < -0.4 is 14.9 Å². The average Bonchev–Trinajstić information content (AvgIpc) is 2.60. The largest absolute Gasteiger partial charge is 0.496 e. The third-order valence-electron chi connectivity index (χ3n) is 3.25. The van der Waals surface area contributed by atoms with Crippen molar-refractivity contribution in [1.82, 2.24) is 5.43 Å². The summed E-state index contributed by atoms with van der Waals surface area (Å²) in [6.07, 6.45) is 1.48. The highest BCUT2D eigenvalue weighted by Crippen LogP contribution is 2.27. The van der Waals surface area contributed by atoms with Gasteiger partial charge in [0, 0.05) is 6.07 Å². The summed E-state index contributed by atoms with van der Waals surface area (Å²) in [5.41, 5.74) is 3.64. The molecule has 2 rings (SSSR count). The second-order valence-corrected chi connectivity index (χ2v) is 6.37. The van der Waals surface area contributed by atoms with E-state index in [4.69, 9.17) is 9.47 Å². The highest BCUT2D eigenvalue weighted by atomic mass is 127. The minimum Gasteiger partial charge on any atom is -0.496 e. The van der Waals surface area contributed by atoms with Gasteiger partial charge in [0.2, 0.25) is 0 Å². The van der Waals surface area contributed by atoms with Crippen molar-refractivity contribution in [2.24, 2.45) is 5.10 Å². The molecule has 2 aromatic carbocycles. The van der Waals surface area contributed by atoms with Gasteiger partial charge in [-0.2, -0.15) is 5.10 Å². The van der Waals surface area contributed by atoms with Gasteiger partial charge in [-0.3, -0.25) is 14.9 Å². The molecule has 8 nitrogen and oxygen atoms in total. The predicted octanol–water partition coefficient (Wildman–Crippen LogP) is 3.05. The molecule has 1 amide bonds. The lowest BCUT2D eigenvalue weighted by Crippen LogP contribution is -2.24. The van der Waals surface area contributed by atoms with Crippen LogP contribution in [0.5, 0.6) is 11.5 Å². The van der Waals surface area contributed by atoms with Gasteiger partial charge in [0.1, 0.15) is 5.75 Å². The molecule has 0 bridgehead atoms. The number of carbonyl (C=O) groups excluding carboxylic acids is 1. The number of hydrogen-bond donors (Lipinski definition) is 1. The number of nitro benzene ring substituents is 1. The van der Waals surface area contributed by atoms with Gasteiger partial charge >= 0.3 is 5.69 Å². The lowest BCUT2D eigenvalue weighted by atomic mass is 10.2. The Hall–Kier alpha value is -2.69. The number of benzene rings is 2.